The SMILES string of the molecule is CC(C)C1C(C(C)C)C2(C3C4CCCCC4C(C(C)(C)C)CC3C3C4C(NCN32)OC2CC3CCCCC3CC24)C1C(C)C. The van der Waals surface area contributed by atoms with Crippen LogP contribution in [0.3, 0.4) is 0 Å². The molecule has 3 heteroatoms. The number of ether oxygens (including phenoxy) is 1. The lowest BCUT2D eigenvalue weighted by molar-refractivity contribution is -0.239. The van der Waals surface area contributed by atoms with E-state index in [4.69, 9.17) is 4.74 Å². The third kappa shape index (κ3) is 4.21. The van der Waals surface area contributed by atoms with Crippen LogP contribution in [-0.4, -0.2) is 35.5 Å². The molecular formula is C41H70N2O. The Morgan fingerprint density at radius 2 is 1.32 bits per heavy atom. The number of fused-ring (bicyclic) bond motifs is 12. The second-order valence-electron chi connectivity index (χ2n) is 20.2. The first kappa shape index (κ1) is 31.2. The zero-order chi connectivity index (χ0) is 30.9. The van der Waals surface area contributed by atoms with Crippen LogP contribution in [0.25, 0.3) is 0 Å². The summed E-state index contributed by atoms with van der Waals surface area (Å²) in [5.74, 6) is 12.7. The van der Waals surface area contributed by atoms with E-state index in [1.807, 2.05) is 0 Å². The van der Waals surface area contributed by atoms with Crippen LogP contribution in [0, 0.1) is 94.2 Å². The molecule has 3 heterocycles. The zero-order valence-electron chi connectivity index (χ0n) is 30.2. The van der Waals surface area contributed by atoms with E-state index in [1.54, 1.807) is 0 Å². The van der Waals surface area contributed by atoms with Crippen LogP contribution < -0.4 is 5.32 Å². The van der Waals surface area contributed by atoms with Crippen LogP contribution in [0.4, 0.5) is 0 Å². The molecule has 8 fully saturated rings. The van der Waals surface area contributed by atoms with Gasteiger partial charge in [0.15, 0.2) is 0 Å². The third-order valence-corrected chi connectivity index (χ3v) is 16.6. The van der Waals surface area contributed by atoms with Gasteiger partial charge in [-0.1, -0.05) is 101 Å². The normalized spacial score (nSPS) is 53.6. The van der Waals surface area contributed by atoms with Crippen LogP contribution in [0.2, 0.25) is 0 Å². The number of rotatable bonds is 3. The van der Waals surface area contributed by atoms with E-state index in [2.05, 4.69) is 72.5 Å². The number of hydrogen-bond donors (Lipinski definition) is 1. The maximum absolute atomic E-state index is 7.20. The smallest absolute Gasteiger partial charge is 0.114 e. The lowest BCUT2D eigenvalue weighted by Gasteiger charge is -2.72. The lowest BCUT2D eigenvalue weighted by Crippen LogP contribution is -2.78. The first-order valence-corrected chi connectivity index (χ1v) is 20.1. The van der Waals surface area contributed by atoms with Crippen molar-refractivity contribution in [2.75, 3.05) is 6.67 Å². The van der Waals surface area contributed by atoms with E-state index in [9.17, 15) is 0 Å². The zero-order valence-corrected chi connectivity index (χ0v) is 30.2. The molecule has 3 saturated heterocycles. The van der Waals surface area contributed by atoms with Gasteiger partial charge in [-0.2, -0.15) is 0 Å². The molecule has 8 aliphatic rings. The molecule has 3 aliphatic heterocycles. The summed E-state index contributed by atoms with van der Waals surface area (Å²) in [4.78, 5) is 3.30. The van der Waals surface area contributed by atoms with Gasteiger partial charge in [0.2, 0.25) is 0 Å². The Hall–Kier alpha value is -0.120. The van der Waals surface area contributed by atoms with Crippen molar-refractivity contribution in [2.45, 2.75) is 157 Å². The molecule has 1 N–H and O–H groups in total. The van der Waals surface area contributed by atoms with Crippen molar-refractivity contribution >= 4 is 0 Å². The van der Waals surface area contributed by atoms with E-state index in [0.717, 1.165) is 95.6 Å². The Labute approximate surface area is 272 Å². The van der Waals surface area contributed by atoms with Crippen molar-refractivity contribution in [3.63, 3.8) is 0 Å². The van der Waals surface area contributed by atoms with Crippen molar-refractivity contribution in [1.29, 1.82) is 0 Å². The molecule has 5 aliphatic carbocycles. The van der Waals surface area contributed by atoms with Gasteiger partial charge < -0.3 is 4.74 Å². The quantitative estimate of drug-likeness (QED) is 0.346. The summed E-state index contributed by atoms with van der Waals surface area (Å²) in [6.07, 6.45) is 17.0. The molecule has 250 valence electrons. The standard InChI is InChI=1S/C41H70N2O/c1-22(2)33-35(23(3)4)41(36(33)24(5)6)37-28-17-13-12-16-27(28)31(40(7,8)9)20-30(37)38-34-29-18-25-14-10-11-15-26(25)19-32(29)44-39(34)42-21-43(38)41/h22-39,42H,10-21H2,1-9H3. The van der Waals surface area contributed by atoms with Gasteiger partial charge in [0.1, 0.15) is 6.23 Å². The number of nitrogens with one attached hydrogen (secondary N) is 1. The predicted molar refractivity (Wildman–Crippen MR) is 182 cm³/mol. The van der Waals surface area contributed by atoms with Gasteiger partial charge in [-0.05, 0) is 120 Å². The molecule has 0 aromatic rings. The van der Waals surface area contributed by atoms with E-state index >= 15 is 0 Å². The van der Waals surface area contributed by atoms with Gasteiger partial charge in [0.25, 0.3) is 0 Å². The van der Waals surface area contributed by atoms with E-state index in [1.165, 1.54) is 70.6 Å². The lowest BCUT2D eigenvalue weighted by atomic mass is 9.36. The summed E-state index contributed by atoms with van der Waals surface area (Å²) in [7, 11) is 0. The summed E-state index contributed by atoms with van der Waals surface area (Å²) in [6.45, 7) is 24.6. The van der Waals surface area contributed by atoms with Gasteiger partial charge in [-0.3, -0.25) is 10.2 Å². The fourth-order valence-corrected chi connectivity index (χ4v) is 15.8. The topological polar surface area (TPSA) is 24.5 Å². The van der Waals surface area contributed by atoms with Crippen molar-refractivity contribution in [1.82, 2.24) is 10.2 Å². The van der Waals surface area contributed by atoms with Gasteiger partial charge in [-0.25, -0.2) is 0 Å². The minimum Gasteiger partial charge on any atom is -0.359 e. The number of hydrogen-bond acceptors (Lipinski definition) is 3. The Balaban J connectivity index is 1.27. The van der Waals surface area contributed by atoms with Crippen LogP contribution in [0.1, 0.15) is 133 Å². The van der Waals surface area contributed by atoms with Crippen molar-refractivity contribution in [3.8, 4) is 0 Å². The highest BCUT2D eigenvalue weighted by Gasteiger charge is 2.79. The maximum atomic E-state index is 7.20. The Bertz CT molecular complexity index is 1040. The summed E-state index contributed by atoms with van der Waals surface area (Å²) < 4.78 is 7.20. The molecule has 14 atom stereocenters. The minimum atomic E-state index is 0.301. The second kappa shape index (κ2) is 10.9. The monoisotopic (exact) mass is 607 g/mol. The van der Waals surface area contributed by atoms with Crippen LogP contribution in [0.15, 0.2) is 0 Å². The Morgan fingerprint density at radius 1 is 0.705 bits per heavy atom. The first-order valence-electron chi connectivity index (χ1n) is 20.1. The first-order chi connectivity index (χ1) is 21.0. The van der Waals surface area contributed by atoms with E-state index in [-0.39, 0.29) is 0 Å². The maximum Gasteiger partial charge on any atom is 0.114 e. The van der Waals surface area contributed by atoms with Crippen LogP contribution in [-0.2, 0) is 4.74 Å². The highest BCUT2D eigenvalue weighted by Crippen LogP contribution is 2.75. The Kier molecular flexibility index (Phi) is 7.76. The molecule has 44 heavy (non-hydrogen) atoms. The summed E-state index contributed by atoms with van der Waals surface area (Å²) in [6, 6.07) is 0.727. The average molecular weight is 607 g/mol. The molecule has 1 spiro atoms. The van der Waals surface area contributed by atoms with E-state index < -0.39 is 0 Å². The van der Waals surface area contributed by atoms with Crippen LogP contribution >= 0.6 is 0 Å². The highest BCUT2D eigenvalue weighted by atomic mass is 16.5. The molecule has 8 rings (SSSR count). The van der Waals surface area contributed by atoms with Crippen molar-refractivity contribution < 1.29 is 4.74 Å². The molecule has 0 radical (unpaired) electrons. The minimum absolute atomic E-state index is 0.301. The molecule has 0 bridgehead atoms. The highest BCUT2D eigenvalue weighted by molar-refractivity contribution is 5.29. The molecule has 3 nitrogen and oxygen atoms in total. The molecule has 14 unspecified atom stereocenters. The van der Waals surface area contributed by atoms with Crippen molar-refractivity contribution in [3.05, 3.63) is 0 Å². The largest absolute Gasteiger partial charge is 0.359 e. The van der Waals surface area contributed by atoms with Gasteiger partial charge >= 0.3 is 0 Å². The van der Waals surface area contributed by atoms with Gasteiger partial charge in [0, 0.05) is 17.5 Å². The second-order valence-corrected chi connectivity index (χ2v) is 20.2. The molecule has 0 aromatic carbocycles. The molecule has 0 amide bonds. The Morgan fingerprint density at radius 3 is 1.93 bits per heavy atom. The fourth-order valence-electron chi connectivity index (χ4n) is 15.8. The van der Waals surface area contributed by atoms with Gasteiger partial charge in [-0.15, -0.1) is 0 Å². The fraction of sp³-hybridized carbons (Fsp3) is 1.00. The van der Waals surface area contributed by atoms with Crippen LogP contribution in [0.5, 0.6) is 0 Å². The van der Waals surface area contributed by atoms with E-state index in [0.29, 0.717) is 29.2 Å². The molecule has 5 saturated carbocycles. The molecule has 0 aromatic heterocycles. The average Bonchev–Trinajstić information content (AvgIpc) is 3.46. The third-order valence-electron chi connectivity index (χ3n) is 16.6. The predicted octanol–water partition coefficient (Wildman–Crippen LogP) is 9.46. The summed E-state index contributed by atoms with van der Waals surface area (Å²) in [5.41, 5.74) is 0.774. The summed E-state index contributed by atoms with van der Waals surface area (Å²) in [5, 5.41) is 4.20. The molecular weight excluding hydrogens is 536 g/mol. The summed E-state index contributed by atoms with van der Waals surface area (Å²) >= 11 is 0. The van der Waals surface area contributed by atoms with Gasteiger partial charge in [0.05, 0.1) is 12.8 Å². The van der Waals surface area contributed by atoms with Crippen molar-refractivity contribution in [2.24, 2.45) is 94.2 Å². The number of nitrogens with zero attached hydrogens (tertiary/aromatic N) is 1.